The van der Waals surface area contributed by atoms with Crippen LogP contribution in [0, 0.1) is 0 Å². The fraction of sp³-hybridized carbons (Fsp3) is 1.00. The number of rotatable bonds is 2. The van der Waals surface area contributed by atoms with Gasteiger partial charge < -0.3 is 0 Å². The zero-order chi connectivity index (χ0) is 8.93. The van der Waals surface area contributed by atoms with Crippen LogP contribution in [-0.4, -0.2) is 7.28 Å². The molecular weight excluding hydrogens is 155 g/mol. The van der Waals surface area contributed by atoms with Crippen LogP contribution in [0.4, 0.5) is 0 Å². The summed E-state index contributed by atoms with van der Waals surface area (Å²) in [5, 5.41) is 0. The fourth-order valence-electron chi connectivity index (χ4n) is 3.32. The highest BCUT2D eigenvalue weighted by atomic mass is 14.2. The van der Waals surface area contributed by atoms with E-state index >= 15 is 0 Å². The van der Waals surface area contributed by atoms with Crippen molar-refractivity contribution in [1.82, 2.24) is 0 Å². The largest absolute Gasteiger partial charge is 0.127 e. The van der Waals surface area contributed by atoms with Crippen LogP contribution in [0.5, 0.6) is 0 Å². The lowest BCUT2D eigenvalue weighted by atomic mass is 9.48. The van der Waals surface area contributed by atoms with Gasteiger partial charge in [-0.05, 0) is 0 Å². The maximum Gasteiger partial charge on any atom is 0.127 e. The predicted octanol–water partition coefficient (Wildman–Crippen LogP) is 4.17. The predicted molar refractivity (Wildman–Crippen MR) is 62.9 cm³/mol. The molecule has 2 aliphatic rings. The SMILES string of the molecule is B(C1CCCCC1)C1CCCCC1.[HH]. The summed E-state index contributed by atoms with van der Waals surface area (Å²) in [5.74, 6) is 2.24. The first-order chi connectivity index (χ1) is 6.45. The van der Waals surface area contributed by atoms with Crippen LogP contribution in [0.25, 0.3) is 0 Å². The Hall–Kier alpha value is 0.0649. The molecule has 0 aromatic rings. The van der Waals surface area contributed by atoms with Crippen molar-refractivity contribution >= 4 is 7.28 Å². The molecule has 0 N–H and O–H groups in total. The zero-order valence-electron chi connectivity index (χ0n) is 8.93. The van der Waals surface area contributed by atoms with Crippen LogP contribution < -0.4 is 0 Å². The van der Waals surface area contributed by atoms with Crippen LogP contribution in [0.3, 0.4) is 0 Å². The second kappa shape index (κ2) is 5.07. The highest BCUT2D eigenvalue weighted by molar-refractivity contribution is 6.39. The van der Waals surface area contributed by atoms with Crippen molar-refractivity contribution < 1.29 is 1.43 Å². The van der Waals surface area contributed by atoms with Gasteiger partial charge in [0.25, 0.3) is 0 Å². The standard InChI is InChI=1S/C12H23B.H2/c1-3-7-11(8-4-1)13-12-9-5-2-6-10-12;/h11-13H,1-10H2;1H. The summed E-state index contributed by atoms with van der Waals surface area (Å²) in [6, 6.07) is 0. The van der Waals surface area contributed by atoms with E-state index < -0.39 is 0 Å². The third-order valence-electron chi connectivity index (χ3n) is 4.12. The fourth-order valence-corrected chi connectivity index (χ4v) is 3.32. The molecule has 2 saturated carbocycles. The van der Waals surface area contributed by atoms with Gasteiger partial charge in [0.15, 0.2) is 0 Å². The number of hydrogen-bond donors (Lipinski definition) is 0. The van der Waals surface area contributed by atoms with Gasteiger partial charge in [0.05, 0.1) is 0 Å². The van der Waals surface area contributed by atoms with E-state index in [0.717, 1.165) is 11.6 Å². The molecule has 0 spiro atoms. The second-order valence-corrected chi connectivity index (χ2v) is 5.24. The number of hydrogen-bond acceptors (Lipinski definition) is 0. The van der Waals surface area contributed by atoms with Crippen LogP contribution in [0.1, 0.15) is 65.6 Å². The lowest BCUT2D eigenvalue weighted by Gasteiger charge is -2.27. The molecule has 1 heteroatoms. The molecule has 0 aliphatic heterocycles. The molecule has 0 aromatic carbocycles. The third kappa shape index (κ3) is 3.04. The molecule has 0 radical (unpaired) electrons. The van der Waals surface area contributed by atoms with Crippen molar-refractivity contribution in [3.63, 3.8) is 0 Å². The molecular formula is C12H25B. The van der Waals surface area contributed by atoms with E-state index in [1.807, 2.05) is 0 Å². The van der Waals surface area contributed by atoms with E-state index in [1.165, 1.54) is 38.5 Å². The van der Waals surface area contributed by atoms with Gasteiger partial charge in [-0.1, -0.05) is 75.8 Å². The smallest absolute Gasteiger partial charge is 0.0654 e. The van der Waals surface area contributed by atoms with Crippen LogP contribution >= 0.6 is 0 Å². The van der Waals surface area contributed by atoms with E-state index in [2.05, 4.69) is 0 Å². The summed E-state index contributed by atoms with van der Waals surface area (Å²) in [5.41, 5.74) is 0. The van der Waals surface area contributed by atoms with Crippen molar-refractivity contribution in [2.45, 2.75) is 75.8 Å². The van der Waals surface area contributed by atoms with Gasteiger partial charge in [-0.3, -0.25) is 0 Å². The normalized spacial score (nSPS) is 27.4. The first-order valence-electron chi connectivity index (χ1n) is 6.45. The topological polar surface area (TPSA) is 0 Å². The minimum Gasteiger partial charge on any atom is -0.0654 e. The molecule has 2 rings (SSSR count). The minimum absolute atomic E-state index is 0. The Labute approximate surface area is 85.2 Å². The van der Waals surface area contributed by atoms with E-state index in [4.69, 9.17) is 0 Å². The summed E-state index contributed by atoms with van der Waals surface area (Å²) in [4.78, 5) is 0. The van der Waals surface area contributed by atoms with Crippen LogP contribution in [-0.2, 0) is 0 Å². The molecule has 0 nitrogen and oxygen atoms in total. The first-order valence-corrected chi connectivity index (χ1v) is 6.45. The summed E-state index contributed by atoms with van der Waals surface area (Å²) >= 11 is 0. The highest BCUT2D eigenvalue weighted by Gasteiger charge is 2.21. The Bertz CT molecular complexity index is 121. The van der Waals surface area contributed by atoms with Gasteiger partial charge in [0.1, 0.15) is 7.28 Å². The lowest BCUT2D eigenvalue weighted by molar-refractivity contribution is 0.470. The summed E-state index contributed by atoms with van der Waals surface area (Å²) in [6.07, 6.45) is 15.3. The molecule has 13 heavy (non-hydrogen) atoms. The Kier molecular flexibility index (Phi) is 3.75. The molecule has 0 saturated heterocycles. The summed E-state index contributed by atoms with van der Waals surface area (Å²) in [6.45, 7) is 0. The lowest BCUT2D eigenvalue weighted by Crippen LogP contribution is -2.16. The van der Waals surface area contributed by atoms with Gasteiger partial charge in [-0.15, -0.1) is 0 Å². The summed E-state index contributed by atoms with van der Waals surface area (Å²) < 4.78 is 0. The average Bonchev–Trinajstić information content (AvgIpc) is 2.21. The van der Waals surface area contributed by atoms with Crippen molar-refractivity contribution in [2.75, 3.05) is 0 Å². The van der Waals surface area contributed by atoms with Crippen molar-refractivity contribution in [3.05, 3.63) is 0 Å². The molecule has 0 unspecified atom stereocenters. The monoisotopic (exact) mass is 180 g/mol. The molecule has 76 valence electrons. The quantitative estimate of drug-likeness (QED) is 0.559. The minimum atomic E-state index is 0. The molecule has 0 atom stereocenters. The van der Waals surface area contributed by atoms with E-state index in [-0.39, 0.29) is 1.43 Å². The van der Waals surface area contributed by atoms with Gasteiger partial charge in [-0.2, -0.15) is 0 Å². The van der Waals surface area contributed by atoms with Crippen molar-refractivity contribution in [3.8, 4) is 0 Å². The second-order valence-electron chi connectivity index (χ2n) is 5.24. The van der Waals surface area contributed by atoms with Gasteiger partial charge in [0.2, 0.25) is 0 Å². The van der Waals surface area contributed by atoms with Crippen LogP contribution in [0.15, 0.2) is 0 Å². The maximum atomic E-state index is 1.58. The molecule has 2 aliphatic carbocycles. The van der Waals surface area contributed by atoms with E-state index in [1.54, 1.807) is 33.0 Å². The molecule has 0 aromatic heterocycles. The summed E-state index contributed by atoms with van der Waals surface area (Å²) in [7, 11) is 1.58. The molecule has 2 fully saturated rings. The molecule has 0 bridgehead atoms. The average molecular weight is 180 g/mol. The Morgan fingerprint density at radius 1 is 0.615 bits per heavy atom. The van der Waals surface area contributed by atoms with Gasteiger partial charge >= 0.3 is 0 Å². The van der Waals surface area contributed by atoms with Crippen LogP contribution in [0.2, 0.25) is 11.6 Å². The Balaban J connectivity index is 0.000000980. The third-order valence-corrected chi connectivity index (χ3v) is 4.12. The highest BCUT2D eigenvalue weighted by Crippen LogP contribution is 2.36. The van der Waals surface area contributed by atoms with E-state index in [9.17, 15) is 0 Å². The first kappa shape index (κ1) is 9.61. The molecule has 0 heterocycles. The maximum absolute atomic E-state index is 1.58. The van der Waals surface area contributed by atoms with Gasteiger partial charge in [0, 0.05) is 1.43 Å². The van der Waals surface area contributed by atoms with Crippen molar-refractivity contribution in [2.24, 2.45) is 0 Å². The van der Waals surface area contributed by atoms with Crippen molar-refractivity contribution in [1.29, 1.82) is 0 Å². The Morgan fingerprint density at radius 2 is 1.00 bits per heavy atom. The van der Waals surface area contributed by atoms with Gasteiger partial charge in [-0.25, -0.2) is 0 Å². The molecule has 0 amide bonds. The Morgan fingerprint density at radius 3 is 1.38 bits per heavy atom. The van der Waals surface area contributed by atoms with E-state index in [0.29, 0.717) is 0 Å². The zero-order valence-corrected chi connectivity index (χ0v) is 8.93.